The van der Waals surface area contributed by atoms with E-state index in [1.54, 1.807) is 5.57 Å². The van der Waals surface area contributed by atoms with E-state index in [9.17, 15) is 0 Å². The van der Waals surface area contributed by atoms with Gasteiger partial charge in [-0.05, 0) is 55.6 Å². The summed E-state index contributed by atoms with van der Waals surface area (Å²) in [5.74, 6) is 2.54. The zero-order valence-electron chi connectivity index (χ0n) is 29.9. The lowest BCUT2D eigenvalue weighted by Crippen LogP contribution is -2.04. The van der Waals surface area contributed by atoms with Gasteiger partial charge in [0.2, 0.25) is 0 Å². The predicted octanol–water partition coefficient (Wildman–Crippen LogP) is 13.2. The van der Waals surface area contributed by atoms with Crippen LogP contribution < -0.4 is 0 Å². The number of hydrogen-bond donors (Lipinski definition) is 0. The van der Waals surface area contributed by atoms with E-state index in [2.05, 4.69) is 129 Å². The van der Waals surface area contributed by atoms with Gasteiger partial charge in [-0.3, -0.25) is 4.99 Å². The van der Waals surface area contributed by atoms with E-state index in [0.717, 1.165) is 35.4 Å². The van der Waals surface area contributed by atoms with Gasteiger partial charge in [-0.2, -0.15) is 0 Å². The second-order valence-corrected chi connectivity index (χ2v) is 11.1. The molecular formula is C41H66N2. The van der Waals surface area contributed by atoms with Crippen LogP contribution in [-0.2, 0) is 6.54 Å². The smallest absolute Gasteiger partial charge is 0.127 e. The van der Waals surface area contributed by atoms with Crippen LogP contribution in [0.3, 0.4) is 0 Å². The number of benzene rings is 2. The Morgan fingerprint density at radius 2 is 1.44 bits per heavy atom. The molecule has 1 aliphatic carbocycles. The lowest BCUT2D eigenvalue weighted by atomic mass is 10.0. The summed E-state index contributed by atoms with van der Waals surface area (Å²) in [6, 6.07) is 18.7. The van der Waals surface area contributed by atoms with Crippen molar-refractivity contribution >= 4 is 11.5 Å². The minimum Gasteiger partial charge on any atom is -0.265 e. The fourth-order valence-corrected chi connectivity index (χ4v) is 3.23. The third kappa shape index (κ3) is 23.2. The van der Waals surface area contributed by atoms with Crippen molar-refractivity contribution < 1.29 is 0 Å². The largest absolute Gasteiger partial charge is 0.265 e. The predicted molar refractivity (Wildman–Crippen MR) is 199 cm³/mol. The molecule has 0 unspecified atom stereocenters. The minimum absolute atomic E-state index is 0.652. The van der Waals surface area contributed by atoms with Gasteiger partial charge in [0.1, 0.15) is 5.84 Å². The zero-order valence-corrected chi connectivity index (χ0v) is 29.9. The van der Waals surface area contributed by atoms with Gasteiger partial charge in [0.25, 0.3) is 0 Å². The Hall–Kier alpha value is -3.00. The molecule has 0 aromatic heterocycles. The molecule has 0 bridgehead atoms. The van der Waals surface area contributed by atoms with Crippen LogP contribution >= 0.6 is 0 Å². The number of amidine groups is 1. The van der Waals surface area contributed by atoms with Crippen molar-refractivity contribution in [3.8, 4) is 0 Å². The summed E-state index contributed by atoms with van der Waals surface area (Å²) in [6.07, 6.45) is 16.4. The lowest BCUT2D eigenvalue weighted by molar-refractivity contribution is 0.457. The fraction of sp³-hybridized carbons (Fsp3) is 0.512. The highest BCUT2D eigenvalue weighted by atomic mass is 14.9. The number of unbranched alkanes of at least 4 members (excludes halogenated alkanes) is 1. The average molecular weight is 587 g/mol. The maximum atomic E-state index is 4.78. The van der Waals surface area contributed by atoms with Crippen LogP contribution in [-0.4, -0.2) is 11.5 Å². The lowest BCUT2D eigenvalue weighted by Gasteiger charge is -2.06. The highest BCUT2D eigenvalue weighted by Crippen LogP contribution is 2.14. The van der Waals surface area contributed by atoms with E-state index in [1.807, 2.05) is 38.1 Å². The number of allylic oxidation sites excluding steroid dienone is 4. The molecule has 0 aliphatic heterocycles. The van der Waals surface area contributed by atoms with Gasteiger partial charge in [-0.15, -0.1) is 6.58 Å². The van der Waals surface area contributed by atoms with E-state index in [0.29, 0.717) is 13.0 Å². The van der Waals surface area contributed by atoms with E-state index < -0.39 is 0 Å². The molecule has 0 radical (unpaired) electrons. The molecule has 0 atom stereocenters. The molecule has 0 fully saturated rings. The number of nitrogens with zero attached hydrogens (tertiary/aromatic N) is 2. The maximum Gasteiger partial charge on any atom is 0.127 e. The third-order valence-corrected chi connectivity index (χ3v) is 6.99. The van der Waals surface area contributed by atoms with Gasteiger partial charge in [0.15, 0.2) is 0 Å². The Morgan fingerprint density at radius 1 is 0.860 bits per heavy atom. The molecule has 0 saturated heterocycles. The summed E-state index contributed by atoms with van der Waals surface area (Å²) >= 11 is 0. The number of aliphatic imine (C=N–C) groups is 2. The molecule has 0 spiro atoms. The van der Waals surface area contributed by atoms with E-state index >= 15 is 0 Å². The molecule has 2 heteroatoms. The summed E-state index contributed by atoms with van der Waals surface area (Å²) < 4.78 is 0. The van der Waals surface area contributed by atoms with Gasteiger partial charge < -0.3 is 0 Å². The molecule has 240 valence electrons. The van der Waals surface area contributed by atoms with Crippen LogP contribution in [0.4, 0.5) is 0 Å². The van der Waals surface area contributed by atoms with Gasteiger partial charge in [-0.25, -0.2) is 4.99 Å². The second kappa shape index (κ2) is 29.1. The highest BCUT2D eigenvalue weighted by Gasteiger charge is 2.03. The first kappa shape index (κ1) is 42.1. The number of hydrogen-bond acceptors (Lipinski definition) is 1. The van der Waals surface area contributed by atoms with Crippen LogP contribution in [0.15, 0.2) is 101 Å². The summed E-state index contributed by atoms with van der Waals surface area (Å²) in [5.41, 5.74) is 6.27. The molecule has 0 amide bonds. The van der Waals surface area contributed by atoms with Crippen LogP contribution in [0, 0.1) is 18.8 Å². The van der Waals surface area contributed by atoms with Gasteiger partial charge in [0.05, 0.1) is 6.54 Å². The molecule has 2 aromatic carbocycles. The van der Waals surface area contributed by atoms with Crippen molar-refractivity contribution in [3.05, 3.63) is 108 Å². The third-order valence-electron chi connectivity index (χ3n) is 6.99. The molecule has 2 nitrogen and oxygen atoms in total. The highest BCUT2D eigenvalue weighted by molar-refractivity contribution is 6.07. The maximum absolute atomic E-state index is 4.78. The SMILES string of the molecule is C=CCC(=NCc1ccc(C)cc1)N=C(CC)c1ccccc1.CC.CC(C)C(C)C.CCC1=CC=CCC1.CCCC. The van der Waals surface area contributed by atoms with Crippen molar-refractivity contribution in [2.75, 3.05) is 0 Å². The Bertz CT molecular complexity index is 1030. The van der Waals surface area contributed by atoms with Crippen molar-refractivity contribution in [1.29, 1.82) is 0 Å². The van der Waals surface area contributed by atoms with E-state index in [1.165, 1.54) is 43.2 Å². The fourth-order valence-electron chi connectivity index (χ4n) is 3.23. The van der Waals surface area contributed by atoms with Crippen LogP contribution in [0.1, 0.15) is 131 Å². The molecule has 0 heterocycles. The summed E-state index contributed by atoms with van der Waals surface area (Å²) in [4.78, 5) is 9.47. The van der Waals surface area contributed by atoms with Crippen LogP contribution in [0.5, 0.6) is 0 Å². The summed E-state index contributed by atoms with van der Waals surface area (Å²) in [5, 5.41) is 0. The summed E-state index contributed by atoms with van der Waals surface area (Å²) in [7, 11) is 0. The second-order valence-electron chi connectivity index (χ2n) is 11.1. The topological polar surface area (TPSA) is 24.7 Å². The van der Waals surface area contributed by atoms with Gasteiger partial charge in [0, 0.05) is 12.1 Å². The Labute approximate surface area is 268 Å². The van der Waals surface area contributed by atoms with Crippen molar-refractivity contribution in [3.63, 3.8) is 0 Å². The average Bonchev–Trinajstić information content (AvgIpc) is 3.05. The van der Waals surface area contributed by atoms with Gasteiger partial charge in [-0.1, -0.05) is 172 Å². The standard InChI is InChI=1S/C21H24N2.C8H12.C6H14.C4H10.C2H6/c1-4-9-21(22-16-18-14-12-17(3)13-15-18)23-20(5-2)19-10-7-6-8-11-19;1-2-8-6-4-3-5-7-8;1-5(2)6(3)4;1-3-4-2;1-2/h4,6-8,10-15H,1,5,9,16H2,2-3H3;3-4,6H,2,5,7H2,1H3;5-6H,1-4H3;3-4H2,1-2H3;1-2H3. The molecule has 3 rings (SSSR count). The van der Waals surface area contributed by atoms with Gasteiger partial charge >= 0.3 is 0 Å². The first-order chi connectivity index (χ1) is 20.7. The first-order valence-corrected chi connectivity index (χ1v) is 16.9. The van der Waals surface area contributed by atoms with E-state index in [-0.39, 0.29) is 0 Å². The molecule has 2 aromatic rings. The monoisotopic (exact) mass is 587 g/mol. The number of aryl methyl sites for hydroxylation is 1. The normalized spacial score (nSPS) is 12.3. The van der Waals surface area contributed by atoms with Crippen LogP contribution in [0.2, 0.25) is 0 Å². The Balaban J connectivity index is 0. The molecule has 1 aliphatic rings. The van der Waals surface area contributed by atoms with E-state index in [4.69, 9.17) is 4.99 Å². The molecular weight excluding hydrogens is 520 g/mol. The molecule has 0 saturated carbocycles. The van der Waals surface area contributed by atoms with Crippen molar-refractivity contribution in [1.82, 2.24) is 0 Å². The summed E-state index contributed by atoms with van der Waals surface area (Å²) in [6.45, 7) is 28.2. The van der Waals surface area contributed by atoms with Crippen LogP contribution in [0.25, 0.3) is 0 Å². The molecule has 43 heavy (non-hydrogen) atoms. The minimum atomic E-state index is 0.652. The van der Waals surface area contributed by atoms with Crippen molar-refractivity contribution in [2.24, 2.45) is 21.8 Å². The zero-order chi connectivity index (χ0) is 32.9. The Kier molecular flexibility index (Phi) is 28.5. The number of rotatable bonds is 9. The Morgan fingerprint density at radius 3 is 1.84 bits per heavy atom. The van der Waals surface area contributed by atoms with Crippen molar-refractivity contribution in [2.45, 2.75) is 128 Å². The quantitative estimate of drug-likeness (QED) is 0.159. The first-order valence-electron chi connectivity index (χ1n) is 16.9. The molecule has 0 N–H and O–H groups in total.